The van der Waals surface area contributed by atoms with E-state index in [-0.39, 0.29) is 5.95 Å². The van der Waals surface area contributed by atoms with Crippen molar-refractivity contribution < 1.29 is 23.4 Å². The van der Waals surface area contributed by atoms with Crippen LogP contribution < -0.4 is 0 Å². The highest BCUT2D eigenvalue weighted by atomic mass is 16.7. The average Bonchev–Trinajstić information content (AvgIpc) is 3.10. The fraction of sp³-hybridized carbons (Fsp3) is 0.267. The van der Waals surface area contributed by atoms with Crippen molar-refractivity contribution in [3.63, 3.8) is 0 Å². The molecule has 6 heteroatoms. The third-order valence-electron chi connectivity index (χ3n) is 3.21. The molecule has 0 aromatic carbocycles. The second kappa shape index (κ2) is 5.05. The number of allylic oxidation sites excluding steroid dienone is 1. The minimum Gasteiger partial charge on any atom is -0.463 e. The smallest absolute Gasteiger partial charge is 0.355 e. The van der Waals surface area contributed by atoms with Gasteiger partial charge in [-0.25, -0.2) is 4.79 Å². The summed E-state index contributed by atoms with van der Waals surface area (Å²) in [4.78, 5) is 15.1. The van der Waals surface area contributed by atoms with Gasteiger partial charge in [0, 0.05) is 12.1 Å². The number of hydrogen-bond donors (Lipinski definition) is 1. The van der Waals surface area contributed by atoms with Gasteiger partial charge >= 0.3 is 5.97 Å². The largest absolute Gasteiger partial charge is 0.463 e. The Kier molecular flexibility index (Phi) is 3.21. The highest BCUT2D eigenvalue weighted by Gasteiger charge is 2.29. The fourth-order valence-electron chi connectivity index (χ4n) is 2.20. The lowest BCUT2D eigenvalue weighted by atomic mass is 10.2. The molecule has 2 aromatic rings. The first-order valence-electron chi connectivity index (χ1n) is 6.61. The highest BCUT2D eigenvalue weighted by molar-refractivity contribution is 5.93. The van der Waals surface area contributed by atoms with Gasteiger partial charge in [-0.3, -0.25) is 0 Å². The summed E-state index contributed by atoms with van der Waals surface area (Å²) in [5, 5.41) is 0. The molecule has 1 N–H and O–H groups in total. The molecule has 1 aliphatic heterocycles. The Morgan fingerprint density at radius 3 is 2.90 bits per heavy atom. The molecule has 3 heterocycles. The number of rotatable bonds is 4. The van der Waals surface area contributed by atoms with Gasteiger partial charge in [0.05, 0.1) is 11.8 Å². The van der Waals surface area contributed by atoms with E-state index in [1.807, 2.05) is 6.92 Å². The average molecular weight is 289 g/mol. The lowest BCUT2D eigenvalue weighted by Crippen LogP contribution is -2.21. The summed E-state index contributed by atoms with van der Waals surface area (Å²) in [5.41, 5.74) is 1.69. The van der Waals surface area contributed by atoms with Gasteiger partial charge in [-0.15, -0.1) is 0 Å². The summed E-state index contributed by atoms with van der Waals surface area (Å²) in [6.07, 6.45) is 1.59. The lowest BCUT2D eigenvalue weighted by molar-refractivity contribution is 0.0250. The van der Waals surface area contributed by atoms with Gasteiger partial charge in [0.15, 0.2) is 17.4 Å². The molecule has 110 valence electrons. The molecule has 1 unspecified atom stereocenters. The Balaban J connectivity index is 1.77. The molecule has 6 nitrogen and oxygen atoms in total. The molecule has 0 radical (unpaired) electrons. The number of fused-ring (bicyclic) bond motifs is 1. The molecule has 2 aromatic heterocycles. The summed E-state index contributed by atoms with van der Waals surface area (Å²) in [5.74, 6) is 0.745. The zero-order valence-electron chi connectivity index (χ0n) is 11.8. The van der Waals surface area contributed by atoms with Gasteiger partial charge < -0.3 is 23.6 Å². The van der Waals surface area contributed by atoms with Crippen LogP contribution in [0.2, 0.25) is 0 Å². The lowest BCUT2D eigenvalue weighted by Gasteiger charge is -2.15. The number of esters is 1. The van der Waals surface area contributed by atoms with E-state index in [0.717, 1.165) is 5.52 Å². The Hall–Kier alpha value is -2.63. The van der Waals surface area contributed by atoms with Crippen LogP contribution in [0, 0.1) is 0 Å². The molecule has 0 fully saturated rings. The summed E-state index contributed by atoms with van der Waals surface area (Å²) >= 11 is 0. The topological polar surface area (TPSA) is 73.7 Å². The van der Waals surface area contributed by atoms with Crippen molar-refractivity contribution in [2.45, 2.75) is 26.4 Å². The van der Waals surface area contributed by atoms with Crippen LogP contribution in [-0.4, -0.2) is 17.1 Å². The summed E-state index contributed by atoms with van der Waals surface area (Å²) in [6, 6.07) is 3.35. The zero-order chi connectivity index (χ0) is 15.0. The van der Waals surface area contributed by atoms with Crippen molar-refractivity contribution in [3.8, 4) is 0 Å². The third kappa shape index (κ3) is 2.40. The molecule has 0 amide bonds. The van der Waals surface area contributed by atoms with E-state index in [4.69, 9.17) is 18.6 Å². The van der Waals surface area contributed by atoms with Crippen molar-refractivity contribution in [2.75, 3.05) is 0 Å². The molecule has 3 rings (SSSR count). The molecule has 21 heavy (non-hydrogen) atoms. The molecule has 1 atom stereocenters. The molecular formula is C15H15NO5. The van der Waals surface area contributed by atoms with E-state index in [1.54, 1.807) is 25.3 Å². The van der Waals surface area contributed by atoms with Gasteiger partial charge in [0.25, 0.3) is 5.95 Å². The van der Waals surface area contributed by atoms with Crippen molar-refractivity contribution in [1.29, 1.82) is 0 Å². The number of furan rings is 1. The zero-order valence-corrected chi connectivity index (χ0v) is 11.8. The van der Waals surface area contributed by atoms with E-state index in [2.05, 4.69) is 11.6 Å². The standard InChI is InChI=1S/C15H15NO5/c1-4-12(14-8(2)19-9(3)20-14)21-15(17)11-7-13-10(16-11)5-6-18-13/h5-7,12,16H,3-4H2,1-2H3. The summed E-state index contributed by atoms with van der Waals surface area (Å²) in [6.45, 7) is 7.22. The van der Waals surface area contributed by atoms with Crippen LogP contribution >= 0.6 is 0 Å². The number of carbonyl (C=O) groups excluding carboxylic acids is 1. The van der Waals surface area contributed by atoms with Crippen LogP contribution in [-0.2, 0) is 14.2 Å². The Morgan fingerprint density at radius 2 is 2.29 bits per heavy atom. The van der Waals surface area contributed by atoms with Crippen molar-refractivity contribution >= 4 is 17.1 Å². The Labute approximate surface area is 121 Å². The Bertz CT molecular complexity index is 708. The van der Waals surface area contributed by atoms with Gasteiger partial charge in [-0.1, -0.05) is 6.92 Å². The van der Waals surface area contributed by atoms with E-state index in [1.165, 1.54) is 0 Å². The molecule has 0 aliphatic carbocycles. The number of H-pyrrole nitrogens is 1. The van der Waals surface area contributed by atoms with Crippen molar-refractivity contribution in [1.82, 2.24) is 4.98 Å². The predicted octanol–water partition coefficient (Wildman–Crippen LogP) is 3.45. The second-order valence-electron chi connectivity index (χ2n) is 4.68. The van der Waals surface area contributed by atoms with Crippen LogP contribution in [0.25, 0.3) is 11.1 Å². The first-order valence-corrected chi connectivity index (χ1v) is 6.61. The minimum absolute atomic E-state index is 0.189. The van der Waals surface area contributed by atoms with Crippen molar-refractivity contribution in [3.05, 3.63) is 48.1 Å². The summed E-state index contributed by atoms with van der Waals surface area (Å²) in [7, 11) is 0. The number of aromatic nitrogens is 1. The van der Waals surface area contributed by atoms with Crippen molar-refractivity contribution in [2.24, 2.45) is 0 Å². The quantitative estimate of drug-likeness (QED) is 0.873. The van der Waals surface area contributed by atoms with Gasteiger partial charge in [-0.05, 0) is 19.9 Å². The number of ether oxygens (including phenoxy) is 3. The fourth-order valence-corrected chi connectivity index (χ4v) is 2.20. The maximum absolute atomic E-state index is 12.2. The minimum atomic E-state index is -0.522. The molecular weight excluding hydrogens is 274 g/mol. The first kappa shape index (κ1) is 13.4. The van der Waals surface area contributed by atoms with Gasteiger partial charge in [0.2, 0.25) is 0 Å². The van der Waals surface area contributed by atoms with Crippen LogP contribution in [0.1, 0.15) is 30.8 Å². The van der Waals surface area contributed by atoms with E-state index in [9.17, 15) is 4.79 Å². The maximum atomic E-state index is 12.2. The number of hydrogen-bond acceptors (Lipinski definition) is 5. The normalized spacial score (nSPS) is 16.0. The Morgan fingerprint density at radius 1 is 1.48 bits per heavy atom. The monoisotopic (exact) mass is 289 g/mol. The molecule has 0 bridgehead atoms. The van der Waals surface area contributed by atoms with E-state index >= 15 is 0 Å². The second-order valence-corrected chi connectivity index (χ2v) is 4.68. The SMILES string of the molecule is C=C1OC(C)=C(C(CC)OC(=O)c2cc3occc3[nH]2)O1. The molecule has 0 saturated heterocycles. The van der Waals surface area contributed by atoms with Gasteiger partial charge in [0.1, 0.15) is 11.5 Å². The number of carbonyl (C=O) groups is 1. The molecule has 0 saturated carbocycles. The van der Waals surface area contributed by atoms with E-state index in [0.29, 0.717) is 29.2 Å². The third-order valence-corrected chi connectivity index (χ3v) is 3.21. The van der Waals surface area contributed by atoms with E-state index < -0.39 is 12.1 Å². The van der Waals surface area contributed by atoms with Crippen LogP contribution in [0.5, 0.6) is 0 Å². The number of nitrogens with one attached hydrogen (secondary N) is 1. The summed E-state index contributed by atoms with van der Waals surface area (Å²) < 4.78 is 21.3. The maximum Gasteiger partial charge on any atom is 0.355 e. The first-order chi connectivity index (χ1) is 10.1. The molecule has 0 spiro atoms. The number of aromatic amines is 1. The molecule has 1 aliphatic rings. The highest BCUT2D eigenvalue weighted by Crippen LogP contribution is 2.29. The van der Waals surface area contributed by atoms with Crippen LogP contribution in [0.4, 0.5) is 0 Å². The van der Waals surface area contributed by atoms with Gasteiger partial charge in [-0.2, -0.15) is 0 Å². The van der Waals surface area contributed by atoms with Crippen LogP contribution in [0.3, 0.4) is 0 Å². The predicted molar refractivity (Wildman–Crippen MR) is 74.1 cm³/mol. The van der Waals surface area contributed by atoms with Crippen LogP contribution in [0.15, 0.2) is 46.9 Å².